The molecule has 0 saturated carbocycles. The Labute approximate surface area is 174 Å². The summed E-state index contributed by atoms with van der Waals surface area (Å²) in [6, 6.07) is 15.4. The second-order valence-corrected chi connectivity index (χ2v) is 7.00. The predicted octanol–water partition coefficient (Wildman–Crippen LogP) is 3.26. The summed E-state index contributed by atoms with van der Waals surface area (Å²) in [5, 5.41) is 12.2. The number of carbonyl (C=O) groups is 1. The minimum atomic E-state index is -0.0501. The molecule has 0 radical (unpaired) electrons. The molecule has 0 bridgehead atoms. The molecule has 1 N–H and O–H groups in total. The van der Waals surface area contributed by atoms with Crippen LogP contribution in [0.25, 0.3) is 5.69 Å². The second-order valence-electron chi connectivity index (χ2n) is 6.22. The van der Waals surface area contributed by atoms with Crippen LogP contribution in [0.15, 0.2) is 53.7 Å². The van der Waals surface area contributed by atoms with E-state index in [1.54, 1.807) is 14.2 Å². The number of hydrogen-bond donors (Lipinski definition) is 1. The van der Waals surface area contributed by atoms with Gasteiger partial charge in [0.25, 0.3) is 0 Å². The van der Waals surface area contributed by atoms with Crippen molar-refractivity contribution in [3.8, 4) is 17.2 Å². The fourth-order valence-electron chi connectivity index (χ4n) is 2.96. The fourth-order valence-corrected chi connectivity index (χ4v) is 3.48. The van der Waals surface area contributed by atoms with Gasteiger partial charge in [0.05, 0.1) is 20.8 Å². The summed E-state index contributed by atoms with van der Waals surface area (Å²) in [5.74, 6) is 2.19. The molecule has 3 aromatic rings. The molecule has 0 unspecified atom stereocenters. The summed E-state index contributed by atoms with van der Waals surface area (Å²) in [6.45, 7) is 0.296. The molecule has 7 nitrogen and oxygen atoms in total. The maximum absolute atomic E-state index is 12.4. The van der Waals surface area contributed by atoms with Crippen molar-refractivity contribution >= 4 is 17.7 Å². The lowest BCUT2D eigenvalue weighted by atomic mass is 10.1. The van der Waals surface area contributed by atoms with Gasteiger partial charge in [0.15, 0.2) is 11.0 Å². The molecule has 1 aromatic heterocycles. The van der Waals surface area contributed by atoms with Gasteiger partial charge < -0.3 is 14.8 Å². The smallest absolute Gasteiger partial charge is 0.220 e. The van der Waals surface area contributed by atoms with E-state index in [0.717, 1.165) is 27.9 Å². The number of thioether (sulfide) groups is 1. The number of nitrogens with zero attached hydrogens (tertiary/aromatic N) is 3. The third-order valence-electron chi connectivity index (χ3n) is 4.47. The first kappa shape index (κ1) is 20.7. The van der Waals surface area contributed by atoms with E-state index >= 15 is 0 Å². The van der Waals surface area contributed by atoms with E-state index in [9.17, 15) is 4.79 Å². The summed E-state index contributed by atoms with van der Waals surface area (Å²) in [5.41, 5.74) is 1.93. The maximum atomic E-state index is 12.4. The van der Waals surface area contributed by atoms with Crippen molar-refractivity contribution in [3.63, 3.8) is 0 Å². The molecule has 152 valence electrons. The largest absolute Gasteiger partial charge is 0.497 e. The van der Waals surface area contributed by atoms with Gasteiger partial charge in [-0.25, -0.2) is 0 Å². The summed E-state index contributed by atoms with van der Waals surface area (Å²) < 4.78 is 12.5. The number of amides is 1. The molecule has 0 aliphatic heterocycles. The monoisotopic (exact) mass is 412 g/mol. The van der Waals surface area contributed by atoms with Crippen molar-refractivity contribution < 1.29 is 14.3 Å². The van der Waals surface area contributed by atoms with E-state index in [1.165, 1.54) is 11.8 Å². The lowest BCUT2D eigenvalue weighted by Crippen LogP contribution is -2.25. The van der Waals surface area contributed by atoms with E-state index in [2.05, 4.69) is 15.5 Å². The van der Waals surface area contributed by atoms with Crippen LogP contribution in [0, 0.1) is 0 Å². The van der Waals surface area contributed by atoms with Crippen LogP contribution in [0.3, 0.4) is 0 Å². The standard InChI is InChI=1S/C21H24N4O3S/c1-27-17-11-9-16(10-12-17)25-19(23-24-21(25)29-3)14-22-20(26)13-8-15-6-4-5-7-18(15)28-2/h4-7,9-12H,8,13-14H2,1-3H3,(H,22,26). The van der Waals surface area contributed by atoms with Crippen molar-refractivity contribution in [2.24, 2.45) is 0 Å². The number of methoxy groups -OCH3 is 2. The Morgan fingerprint density at radius 1 is 1.07 bits per heavy atom. The normalized spacial score (nSPS) is 10.6. The number of aromatic nitrogens is 3. The molecule has 2 aromatic carbocycles. The minimum Gasteiger partial charge on any atom is -0.497 e. The molecule has 0 atom stereocenters. The van der Waals surface area contributed by atoms with E-state index in [0.29, 0.717) is 25.2 Å². The van der Waals surface area contributed by atoms with Crippen molar-refractivity contribution in [3.05, 3.63) is 59.9 Å². The maximum Gasteiger partial charge on any atom is 0.220 e. The highest BCUT2D eigenvalue weighted by Gasteiger charge is 2.14. The van der Waals surface area contributed by atoms with E-state index < -0.39 is 0 Å². The van der Waals surface area contributed by atoms with Crippen LogP contribution < -0.4 is 14.8 Å². The number of para-hydroxylation sites is 1. The SMILES string of the molecule is COc1ccc(-n2c(CNC(=O)CCc3ccccc3OC)nnc2SC)cc1. The van der Waals surface area contributed by atoms with Gasteiger partial charge in [-0.1, -0.05) is 30.0 Å². The number of carbonyl (C=O) groups excluding carboxylic acids is 1. The second kappa shape index (κ2) is 9.97. The number of hydrogen-bond acceptors (Lipinski definition) is 6. The number of ether oxygens (including phenoxy) is 2. The molecule has 0 saturated heterocycles. The van der Waals surface area contributed by atoms with Gasteiger partial charge in [0.2, 0.25) is 5.91 Å². The summed E-state index contributed by atoms with van der Waals surface area (Å²) in [6.07, 6.45) is 2.92. The highest BCUT2D eigenvalue weighted by Crippen LogP contribution is 2.22. The van der Waals surface area contributed by atoms with Crippen LogP contribution in [0.4, 0.5) is 0 Å². The van der Waals surface area contributed by atoms with Crippen LogP contribution in [0.2, 0.25) is 0 Å². The van der Waals surface area contributed by atoms with Crippen molar-refractivity contribution in [1.82, 2.24) is 20.1 Å². The number of benzene rings is 2. The molecule has 0 fully saturated rings. The van der Waals surface area contributed by atoms with Gasteiger partial charge in [0, 0.05) is 12.1 Å². The Kier molecular flexibility index (Phi) is 7.13. The average molecular weight is 413 g/mol. The van der Waals surface area contributed by atoms with E-state index in [4.69, 9.17) is 9.47 Å². The van der Waals surface area contributed by atoms with Gasteiger partial charge in [-0.2, -0.15) is 0 Å². The minimum absolute atomic E-state index is 0.0501. The molecule has 1 amide bonds. The van der Waals surface area contributed by atoms with Gasteiger partial charge in [-0.3, -0.25) is 9.36 Å². The number of nitrogens with one attached hydrogen (secondary N) is 1. The van der Waals surface area contributed by atoms with Crippen LogP contribution in [-0.4, -0.2) is 41.1 Å². The van der Waals surface area contributed by atoms with E-state index in [-0.39, 0.29) is 5.91 Å². The molecular formula is C21H24N4O3S. The molecule has 0 spiro atoms. The molecule has 29 heavy (non-hydrogen) atoms. The lowest BCUT2D eigenvalue weighted by molar-refractivity contribution is -0.121. The summed E-state index contributed by atoms with van der Waals surface area (Å²) in [4.78, 5) is 12.4. The highest BCUT2D eigenvalue weighted by molar-refractivity contribution is 7.98. The Balaban J connectivity index is 1.65. The first-order valence-electron chi connectivity index (χ1n) is 9.17. The fraction of sp³-hybridized carbons (Fsp3) is 0.286. The molecular weight excluding hydrogens is 388 g/mol. The first-order chi connectivity index (χ1) is 14.2. The van der Waals surface area contributed by atoms with E-state index in [1.807, 2.05) is 59.4 Å². The first-order valence-corrected chi connectivity index (χ1v) is 10.4. The molecule has 0 aliphatic carbocycles. The van der Waals surface area contributed by atoms with Gasteiger partial charge >= 0.3 is 0 Å². The molecule has 1 heterocycles. The zero-order valence-corrected chi connectivity index (χ0v) is 17.5. The number of rotatable bonds is 9. The topological polar surface area (TPSA) is 78.3 Å². The lowest BCUT2D eigenvalue weighted by Gasteiger charge is -2.11. The highest BCUT2D eigenvalue weighted by atomic mass is 32.2. The zero-order valence-electron chi connectivity index (χ0n) is 16.7. The third kappa shape index (κ3) is 5.08. The average Bonchev–Trinajstić information content (AvgIpc) is 3.19. The summed E-state index contributed by atoms with van der Waals surface area (Å²) >= 11 is 1.50. The van der Waals surface area contributed by atoms with Gasteiger partial charge in [-0.15, -0.1) is 10.2 Å². The third-order valence-corrected chi connectivity index (χ3v) is 5.10. The van der Waals surface area contributed by atoms with Crippen LogP contribution >= 0.6 is 11.8 Å². The Hall–Kier alpha value is -3.00. The van der Waals surface area contributed by atoms with Crippen LogP contribution in [0.1, 0.15) is 17.8 Å². The van der Waals surface area contributed by atoms with Gasteiger partial charge in [-0.05, 0) is 48.6 Å². The zero-order chi connectivity index (χ0) is 20.6. The Morgan fingerprint density at radius 2 is 1.83 bits per heavy atom. The molecule has 8 heteroatoms. The van der Waals surface area contributed by atoms with Crippen molar-refractivity contribution in [1.29, 1.82) is 0 Å². The Bertz CT molecular complexity index is 957. The van der Waals surface area contributed by atoms with Crippen molar-refractivity contribution in [2.45, 2.75) is 24.5 Å². The predicted molar refractivity (Wildman–Crippen MR) is 113 cm³/mol. The van der Waals surface area contributed by atoms with Crippen LogP contribution in [0.5, 0.6) is 11.5 Å². The molecule has 3 rings (SSSR count). The van der Waals surface area contributed by atoms with Gasteiger partial charge in [0.1, 0.15) is 11.5 Å². The molecule has 0 aliphatic rings. The summed E-state index contributed by atoms with van der Waals surface area (Å²) in [7, 11) is 3.27. The van der Waals surface area contributed by atoms with Crippen LogP contribution in [-0.2, 0) is 17.8 Å². The quantitative estimate of drug-likeness (QED) is 0.544. The van der Waals surface area contributed by atoms with Crippen molar-refractivity contribution in [2.75, 3.05) is 20.5 Å². The number of aryl methyl sites for hydroxylation is 1. The Morgan fingerprint density at radius 3 is 2.52 bits per heavy atom.